The van der Waals surface area contributed by atoms with Crippen molar-refractivity contribution in [2.75, 3.05) is 20.2 Å². The summed E-state index contributed by atoms with van der Waals surface area (Å²) < 4.78 is 41.2. The second-order valence-electron chi connectivity index (χ2n) is 4.95. The van der Waals surface area contributed by atoms with E-state index in [-0.39, 0.29) is 4.88 Å². The Hall–Kier alpha value is -2.55. The van der Waals surface area contributed by atoms with Gasteiger partial charge >= 0.3 is 6.18 Å². The average Bonchev–Trinajstić information content (AvgIpc) is 3.02. The van der Waals surface area contributed by atoms with Crippen molar-refractivity contribution in [3.63, 3.8) is 0 Å². The van der Waals surface area contributed by atoms with Crippen LogP contribution in [0.5, 0.6) is 5.75 Å². The Bertz CT molecular complexity index is 745. The Balaban J connectivity index is 2.02. The number of carbonyl (C=O) groups excluding carboxylic acids is 2. The van der Waals surface area contributed by atoms with Crippen LogP contribution >= 0.6 is 11.3 Å². The van der Waals surface area contributed by atoms with E-state index in [1.807, 2.05) is 30.3 Å². The summed E-state index contributed by atoms with van der Waals surface area (Å²) in [7, 11) is 1.41. The maximum atomic E-state index is 12.2. The number of amides is 2. The highest BCUT2D eigenvalue weighted by atomic mass is 32.1. The van der Waals surface area contributed by atoms with Gasteiger partial charge in [-0.05, 0) is 11.6 Å². The molecule has 25 heavy (non-hydrogen) atoms. The Morgan fingerprint density at radius 3 is 2.44 bits per heavy atom. The zero-order valence-corrected chi connectivity index (χ0v) is 14.0. The van der Waals surface area contributed by atoms with Crippen LogP contribution in [0.1, 0.15) is 9.67 Å². The predicted molar refractivity (Wildman–Crippen MR) is 87.7 cm³/mol. The number of alkyl halides is 3. The standard InChI is InChI=1S/C16H15F3N2O3S/c1-24-11-7-12(10-5-3-2-4-6-10)25-14(11)15(23)20-8-13(22)21-9-16(17,18)19/h2-7H,8-9H2,1H3,(H,20,23)(H,21,22). The second kappa shape index (κ2) is 8.02. The van der Waals surface area contributed by atoms with Gasteiger partial charge in [0.15, 0.2) is 0 Å². The zero-order chi connectivity index (χ0) is 18.4. The first kappa shape index (κ1) is 18.8. The molecule has 0 spiro atoms. The van der Waals surface area contributed by atoms with Gasteiger partial charge in [0.1, 0.15) is 17.2 Å². The number of rotatable bonds is 6. The summed E-state index contributed by atoms with van der Waals surface area (Å²) in [6, 6.07) is 11.0. The molecule has 0 aliphatic rings. The summed E-state index contributed by atoms with van der Waals surface area (Å²) in [5.41, 5.74) is 0.896. The topological polar surface area (TPSA) is 67.4 Å². The third-order valence-electron chi connectivity index (χ3n) is 3.08. The van der Waals surface area contributed by atoms with Crippen LogP contribution in [0.25, 0.3) is 10.4 Å². The Labute approximate surface area is 145 Å². The lowest BCUT2D eigenvalue weighted by molar-refractivity contribution is -0.137. The van der Waals surface area contributed by atoms with Crippen molar-refractivity contribution in [1.82, 2.24) is 10.6 Å². The van der Waals surface area contributed by atoms with Crippen LogP contribution in [0.15, 0.2) is 36.4 Å². The molecule has 2 rings (SSSR count). The molecule has 0 aliphatic carbocycles. The molecule has 2 amide bonds. The monoisotopic (exact) mass is 372 g/mol. The molecule has 5 nitrogen and oxygen atoms in total. The van der Waals surface area contributed by atoms with Crippen molar-refractivity contribution in [1.29, 1.82) is 0 Å². The fourth-order valence-corrected chi connectivity index (χ4v) is 2.98. The average molecular weight is 372 g/mol. The number of halogens is 3. The third-order valence-corrected chi connectivity index (χ3v) is 4.24. The number of benzene rings is 1. The van der Waals surface area contributed by atoms with Gasteiger partial charge < -0.3 is 15.4 Å². The number of ether oxygens (including phenoxy) is 1. The van der Waals surface area contributed by atoms with Crippen LogP contribution in [0, 0.1) is 0 Å². The van der Waals surface area contributed by atoms with E-state index in [2.05, 4.69) is 5.32 Å². The molecule has 0 radical (unpaired) electrons. The molecule has 1 heterocycles. The quantitative estimate of drug-likeness (QED) is 0.819. The van der Waals surface area contributed by atoms with Gasteiger partial charge in [0.05, 0.1) is 13.7 Å². The van der Waals surface area contributed by atoms with Gasteiger partial charge in [0.2, 0.25) is 5.91 Å². The number of hydrogen-bond donors (Lipinski definition) is 2. The molecule has 0 saturated heterocycles. The molecule has 0 unspecified atom stereocenters. The molecular formula is C16H15F3N2O3S. The SMILES string of the molecule is COc1cc(-c2ccccc2)sc1C(=O)NCC(=O)NCC(F)(F)F. The lowest BCUT2D eigenvalue weighted by Crippen LogP contribution is -2.40. The van der Waals surface area contributed by atoms with Crippen molar-refractivity contribution in [2.45, 2.75) is 6.18 Å². The van der Waals surface area contributed by atoms with Crippen LogP contribution in [0.2, 0.25) is 0 Å². The molecule has 2 N–H and O–H groups in total. The van der Waals surface area contributed by atoms with Gasteiger partial charge in [-0.2, -0.15) is 13.2 Å². The summed E-state index contributed by atoms with van der Waals surface area (Å²) in [6.45, 7) is -2.00. The maximum Gasteiger partial charge on any atom is 0.405 e. The van der Waals surface area contributed by atoms with E-state index < -0.39 is 31.1 Å². The van der Waals surface area contributed by atoms with E-state index >= 15 is 0 Å². The molecule has 0 saturated carbocycles. The first-order valence-corrected chi connectivity index (χ1v) is 7.96. The van der Waals surface area contributed by atoms with Crippen LogP contribution in [-0.2, 0) is 4.79 Å². The number of methoxy groups -OCH3 is 1. The smallest absolute Gasteiger partial charge is 0.405 e. The highest BCUT2D eigenvalue weighted by molar-refractivity contribution is 7.17. The summed E-state index contributed by atoms with van der Waals surface area (Å²) in [6.07, 6.45) is -4.50. The Morgan fingerprint density at radius 2 is 1.84 bits per heavy atom. The van der Waals surface area contributed by atoms with E-state index in [9.17, 15) is 22.8 Å². The third kappa shape index (κ3) is 5.49. The molecule has 134 valence electrons. The normalized spacial score (nSPS) is 11.0. The van der Waals surface area contributed by atoms with E-state index in [0.29, 0.717) is 5.75 Å². The molecule has 9 heteroatoms. The Morgan fingerprint density at radius 1 is 1.16 bits per heavy atom. The second-order valence-corrected chi connectivity index (χ2v) is 6.00. The molecule has 0 atom stereocenters. The molecule has 0 bridgehead atoms. The largest absolute Gasteiger partial charge is 0.495 e. The van der Waals surface area contributed by atoms with Gasteiger partial charge in [0.25, 0.3) is 5.91 Å². The van der Waals surface area contributed by atoms with Crippen molar-refractivity contribution in [3.05, 3.63) is 41.3 Å². The van der Waals surface area contributed by atoms with Crippen molar-refractivity contribution in [2.24, 2.45) is 0 Å². The van der Waals surface area contributed by atoms with Crippen molar-refractivity contribution < 1.29 is 27.5 Å². The van der Waals surface area contributed by atoms with Crippen molar-refractivity contribution in [3.8, 4) is 16.2 Å². The van der Waals surface area contributed by atoms with Crippen LogP contribution in [0.3, 0.4) is 0 Å². The zero-order valence-electron chi connectivity index (χ0n) is 13.1. The molecule has 2 aromatic rings. The Kier molecular flexibility index (Phi) is 6.02. The molecular weight excluding hydrogens is 357 g/mol. The first-order chi connectivity index (χ1) is 11.8. The minimum Gasteiger partial charge on any atom is -0.495 e. The van der Waals surface area contributed by atoms with E-state index in [0.717, 1.165) is 10.4 Å². The number of carbonyl (C=O) groups is 2. The summed E-state index contributed by atoms with van der Waals surface area (Å²) in [5, 5.41) is 3.97. The van der Waals surface area contributed by atoms with E-state index in [4.69, 9.17) is 4.74 Å². The fraction of sp³-hybridized carbons (Fsp3) is 0.250. The number of thiophene rings is 1. The highest BCUT2D eigenvalue weighted by Crippen LogP contribution is 2.36. The van der Waals surface area contributed by atoms with E-state index in [1.54, 1.807) is 11.4 Å². The lowest BCUT2D eigenvalue weighted by Gasteiger charge is -2.09. The van der Waals surface area contributed by atoms with E-state index in [1.165, 1.54) is 18.4 Å². The van der Waals surface area contributed by atoms with Gasteiger partial charge in [-0.3, -0.25) is 9.59 Å². The predicted octanol–water partition coefficient (Wildman–Crippen LogP) is 2.83. The summed E-state index contributed by atoms with van der Waals surface area (Å²) in [5.74, 6) is -1.19. The molecule has 0 aliphatic heterocycles. The molecule has 1 aromatic heterocycles. The minimum atomic E-state index is -4.50. The van der Waals surface area contributed by atoms with Crippen LogP contribution in [0.4, 0.5) is 13.2 Å². The van der Waals surface area contributed by atoms with Gasteiger partial charge in [0, 0.05) is 4.88 Å². The minimum absolute atomic E-state index is 0.241. The first-order valence-electron chi connectivity index (χ1n) is 7.15. The highest BCUT2D eigenvalue weighted by Gasteiger charge is 2.27. The molecule has 0 fully saturated rings. The van der Waals surface area contributed by atoms with Gasteiger partial charge in [-0.25, -0.2) is 0 Å². The summed E-state index contributed by atoms with van der Waals surface area (Å²) in [4.78, 5) is 24.6. The maximum absolute atomic E-state index is 12.2. The number of nitrogens with one attached hydrogen (secondary N) is 2. The molecule has 1 aromatic carbocycles. The van der Waals surface area contributed by atoms with Crippen LogP contribution in [-0.4, -0.2) is 38.2 Å². The van der Waals surface area contributed by atoms with Gasteiger partial charge in [-0.15, -0.1) is 11.3 Å². The van der Waals surface area contributed by atoms with Gasteiger partial charge in [-0.1, -0.05) is 30.3 Å². The van der Waals surface area contributed by atoms with Crippen LogP contribution < -0.4 is 15.4 Å². The van der Waals surface area contributed by atoms with Crippen molar-refractivity contribution >= 4 is 23.2 Å². The summed E-state index contributed by atoms with van der Waals surface area (Å²) >= 11 is 1.17. The fourth-order valence-electron chi connectivity index (χ4n) is 1.93. The number of hydrogen-bond acceptors (Lipinski definition) is 4. The lowest BCUT2D eigenvalue weighted by atomic mass is 10.2.